The molecule has 3 N–H and O–H groups in total. The molecule has 6 rings (SSSR count). The van der Waals surface area contributed by atoms with Crippen molar-refractivity contribution in [1.29, 1.82) is 0 Å². The molecule has 3 aromatic heterocycles. The maximum atomic E-state index is 5.45. The number of hydrogen-bond donors (Lipinski definition) is 3. The summed E-state index contributed by atoms with van der Waals surface area (Å²) < 4.78 is 5.45. The molecule has 5 aromatic rings. The van der Waals surface area contributed by atoms with Crippen LogP contribution in [0.2, 0.25) is 0 Å². The number of aromatic amines is 1. The number of morpholine rings is 1. The summed E-state index contributed by atoms with van der Waals surface area (Å²) in [6.07, 6.45) is 3.41. The average Bonchev–Trinajstić information content (AvgIpc) is 3.34. The fourth-order valence-corrected chi connectivity index (χ4v) is 3.98. The zero-order valence-electron chi connectivity index (χ0n) is 17.8. The van der Waals surface area contributed by atoms with E-state index in [0.717, 1.165) is 54.1 Å². The van der Waals surface area contributed by atoms with E-state index in [0.29, 0.717) is 17.4 Å². The largest absolute Gasteiger partial charge is 0.378 e. The Labute approximate surface area is 189 Å². The molecule has 164 valence electrons. The minimum absolute atomic E-state index is 0.463. The van der Waals surface area contributed by atoms with Gasteiger partial charge in [0.1, 0.15) is 5.52 Å². The van der Waals surface area contributed by atoms with E-state index < -0.39 is 0 Å². The highest BCUT2D eigenvalue weighted by Gasteiger charge is 2.13. The summed E-state index contributed by atoms with van der Waals surface area (Å²) >= 11 is 0. The van der Waals surface area contributed by atoms with Crippen molar-refractivity contribution in [3.8, 4) is 0 Å². The molecule has 1 saturated heterocycles. The van der Waals surface area contributed by atoms with Crippen LogP contribution >= 0.6 is 0 Å². The first-order chi connectivity index (χ1) is 16.3. The van der Waals surface area contributed by atoms with Gasteiger partial charge >= 0.3 is 0 Å². The lowest BCUT2D eigenvalue weighted by Crippen LogP contribution is -2.36. The molecule has 4 heterocycles. The zero-order chi connectivity index (χ0) is 22.0. The number of pyridine rings is 1. The summed E-state index contributed by atoms with van der Waals surface area (Å²) in [6, 6.07) is 18.2. The van der Waals surface area contributed by atoms with Crippen LogP contribution in [0, 0.1) is 0 Å². The van der Waals surface area contributed by atoms with Crippen LogP contribution in [0.1, 0.15) is 0 Å². The predicted octanol–water partition coefficient (Wildman–Crippen LogP) is 4.22. The molecule has 0 unspecified atom stereocenters. The zero-order valence-corrected chi connectivity index (χ0v) is 17.8. The van der Waals surface area contributed by atoms with Crippen molar-refractivity contribution in [2.24, 2.45) is 0 Å². The summed E-state index contributed by atoms with van der Waals surface area (Å²) in [6.45, 7) is 3.35. The van der Waals surface area contributed by atoms with Gasteiger partial charge in [-0.25, -0.2) is 4.98 Å². The molecule has 0 bridgehead atoms. The predicted molar refractivity (Wildman–Crippen MR) is 129 cm³/mol. The van der Waals surface area contributed by atoms with Crippen molar-refractivity contribution >= 4 is 50.9 Å². The van der Waals surface area contributed by atoms with Gasteiger partial charge in [0, 0.05) is 41.7 Å². The van der Waals surface area contributed by atoms with E-state index in [1.165, 1.54) is 5.69 Å². The van der Waals surface area contributed by atoms with Crippen LogP contribution in [-0.4, -0.2) is 51.2 Å². The first kappa shape index (κ1) is 19.4. The third-order valence-corrected chi connectivity index (χ3v) is 5.65. The minimum Gasteiger partial charge on any atom is -0.378 e. The topological polar surface area (TPSA) is 104 Å². The fourth-order valence-electron chi connectivity index (χ4n) is 3.98. The van der Waals surface area contributed by atoms with Crippen molar-refractivity contribution < 1.29 is 4.74 Å². The smallest absolute Gasteiger partial charge is 0.231 e. The standard InChI is InChI=1S/C24H22N8O/c1-2-16-14-18(5-8-20(16)25-9-1)29-24-30-22-21(26-15-27-22)23(31-24)28-17-3-6-19(7-4-17)32-10-12-33-13-11-32/h1-9,14-15H,10-13H2,(H3,26,27,28,29,30,31). The number of fused-ring (bicyclic) bond motifs is 2. The van der Waals surface area contributed by atoms with Crippen LogP contribution in [0.15, 0.2) is 67.1 Å². The third kappa shape index (κ3) is 4.01. The number of ether oxygens (including phenoxy) is 1. The molecule has 0 saturated carbocycles. The second-order valence-electron chi connectivity index (χ2n) is 7.80. The molecule has 0 amide bonds. The van der Waals surface area contributed by atoms with E-state index in [2.05, 4.69) is 59.7 Å². The number of rotatable bonds is 5. The fraction of sp³-hybridized carbons (Fsp3) is 0.167. The van der Waals surface area contributed by atoms with Crippen LogP contribution in [0.25, 0.3) is 22.1 Å². The summed E-state index contributed by atoms with van der Waals surface area (Å²) in [4.78, 5) is 23.4. The van der Waals surface area contributed by atoms with Crippen molar-refractivity contribution in [3.63, 3.8) is 0 Å². The van der Waals surface area contributed by atoms with Gasteiger partial charge in [-0.05, 0) is 48.5 Å². The Morgan fingerprint density at radius 1 is 0.879 bits per heavy atom. The van der Waals surface area contributed by atoms with Crippen LogP contribution in [0.3, 0.4) is 0 Å². The first-order valence-corrected chi connectivity index (χ1v) is 10.8. The number of anilines is 5. The Hall–Kier alpha value is -4.24. The van der Waals surface area contributed by atoms with E-state index in [4.69, 9.17) is 9.72 Å². The highest BCUT2D eigenvalue weighted by atomic mass is 16.5. The van der Waals surface area contributed by atoms with Crippen molar-refractivity contribution in [2.75, 3.05) is 41.8 Å². The van der Waals surface area contributed by atoms with Gasteiger partial charge in [-0.1, -0.05) is 6.07 Å². The summed E-state index contributed by atoms with van der Waals surface area (Å²) in [5, 5.41) is 7.74. The molecule has 0 spiro atoms. The Morgan fingerprint density at radius 2 is 1.73 bits per heavy atom. The Morgan fingerprint density at radius 3 is 2.61 bits per heavy atom. The van der Waals surface area contributed by atoms with Gasteiger partial charge in [0.25, 0.3) is 0 Å². The second kappa shape index (κ2) is 8.36. The van der Waals surface area contributed by atoms with E-state index in [9.17, 15) is 0 Å². The highest BCUT2D eigenvalue weighted by Crippen LogP contribution is 2.27. The lowest BCUT2D eigenvalue weighted by Gasteiger charge is -2.28. The first-order valence-electron chi connectivity index (χ1n) is 10.8. The van der Waals surface area contributed by atoms with Gasteiger partial charge in [-0.15, -0.1) is 0 Å². The molecule has 0 radical (unpaired) electrons. The monoisotopic (exact) mass is 438 g/mol. The number of H-pyrrole nitrogens is 1. The number of hydrogen-bond acceptors (Lipinski definition) is 8. The lowest BCUT2D eigenvalue weighted by atomic mass is 10.2. The van der Waals surface area contributed by atoms with Crippen molar-refractivity contribution in [2.45, 2.75) is 0 Å². The number of aromatic nitrogens is 5. The van der Waals surface area contributed by atoms with Gasteiger partial charge in [0.05, 0.1) is 25.1 Å². The summed E-state index contributed by atoms with van der Waals surface area (Å²) in [7, 11) is 0. The van der Waals surface area contributed by atoms with Gasteiger partial charge in [-0.2, -0.15) is 9.97 Å². The minimum atomic E-state index is 0.463. The number of imidazole rings is 1. The van der Waals surface area contributed by atoms with Crippen LogP contribution in [0.4, 0.5) is 28.8 Å². The second-order valence-corrected chi connectivity index (χ2v) is 7.80. The molecule has 1 fully saturated rings. The van der Waals surface area contributed by atoms with Crippen LogP contribution in [-0.2, 0) is 4.74 Å². The Balaban J connectivity index is 1.27. The molecule has 1 aliphatic rings. The molecule has 0 aliphatic carbocycles. The van der Waals surface area contributed by atoms with Crippen LogP contribution < -0.4 is 15.5 Å². The Bertz CT molecular complexity index is 1410. The molecular formula is C24H22N8O. The van der Waals surface area contributed by atoms with Crippen molar-refractivity contribution in [3.05, 3.63) is 67.1 Å². The molecule has 33 heavy (non-hydrogen) atoms. The van der Waals surface area contributed by atoms with Gasteiger partial charge in [-0.3, -0.25) is 4.98 Å². The summed E-state index contributed by atoms with van der Waals surface area (Å²) in [5.41, 5.74) is 5.28. The number of nitrogens with zero attached hydrogens (tertiary/aromatic N) is 5. The number of benzene rings is 2. The van der Waals surface area contributed by atoms with E-state index >= 15 is 0 Å². The maximum absolute atomic E-state index is 5.45. The summed E-state index contributed by atoms with van der Waals surface area (Å²) in [5.74, 6) is 1.12. The SMILES string of the molecule is c1cnc2ccc(Nc3nc(Nc4ccc(N5CCOCC5)cc4)c4[nH]cnc4n3)cc2c1. The molecular weight excluding hydrogens is 416 g/mol. The van der Waals surface area contributed by atoms with Gasteiger partial charge < -0.3 is 25.3 Å². The van der Waals surface area contributed by atoms with Crippen LogP contribution in [0.5, 0.6) is 0 Å². The molecule has 2 aromatic carbocycles. The quantitative estimate of drug-likeness (QED) is 0.375. The highest BCUT2D eigenvalue weighted by molar-refractivity contribution is 5.87. The Kier molecular flexibility index (Phi) is 4.93. The van der Waals surface area contributed by atoms with E-state index in [-0.39, 0.29) is 0 Å². The molecule has 0 atom stereocenters. The van der Waals surface area contributed by atoms with Gasteiger partial charge in [0.15, 0.2) is 11.5 Å². The average molecular weight is 438 g/mol. The van der Waals surface area contributed by atoms with E-state index in [1.54, 1.807) is 12.5 Å². The van der Waals surface area contributed by atoms with Gasteiger partial charge in [0.2, 0.25) is 5.95 Å². The molecule has 9 nitrogen and oxygen atoms in total. The molecule has 9 heteroatoms. The lowest BCUT2D eigenvalue weighted by molar-refractivity contribution is 0.122. The number of nitrogens with one attached hydrogen (secondary N) is 3. The van der Waals surface area contributed by atoms with E-state index in [1.807, 2.05) is 30.3 Å². The van der Waals surface area contributed by atoms with Crippen molar-refractivity contribution in [1.82, 2.24) is 24.9 Å². The maximum Gasteiger partial charge on any atom is 0.231 e. The molecule has 1 aliphatic heterocycles. The normalized spacial score (nSPS) is 14.0. The third-order valence-electron chi connectivity index (χ3n) is 5.65.